The molecule has 2 atom stereocenters. The SMILES string of the molecule is CC(C)(C)OC(=O)NCC(O)C(O)c1ccc(=O)[nH]n1. The number of nitrogens with one attached hydrogen (secondary N) is 2. The van der Waals surface area contributed by atoms with Crippen LogP contribution in [0.2, 0.25) is 0 Å². The van der Waals surface area contributed by atoms with Gasteiger partial charge >= 0.3 is 6.09 Å². The van der Waals surface area contributed by atoms with Crippen molar-refractivity contribution in [3.05, 3.63) is 28.2 Å². The molecule has 0 radical (unpaired) electrons. The molecule has 0 spiro atoms. The summed E-state index contributed by atoms with van der Waals surface area (Å²) >= 11 is 0. The average Bonchev–Trinajstić information content (AvgIpc) is 2.34. The van der Waals surface area contributed by atoms with Crippen LogP contribution in [-0.4, -0.2) is 44.8 Å². The van der Waals surface area contributed by atoms with E-state index in [0.717, 1.165) is 0 Å². The molecule has 0 aromatic carbocycles. The first-order valence-corrected chi connectivity index (χ1v) is 6.07. The fourth-order valence-electron chi connectivity index (χ4n) is 1.33. The molecule has 0 aliphatic rings. The standard InChI is InChI=1S/C12H19N3O5/c1-12(2,3)20-11(19)13-6-8(16)10(18)7-4-5-9(17)15-14-7/h4-5,8,10,16,18H,6H2,1-3H3,(H,13,19)(H,15,17). The smallest absolute Gasteiger partial charge is 0.407 e. The molecule has 1 heterocycles. The molecule has 8 nitrogen and oxygen atoms in total. The summed E-state index contributed by atoms with van der Waals surface area (Å²) in [5.41, 5.74) is -0.959. The lowest BCUT2D eigenvalue weighted by Crippen LogP contribution is -2.39. The number of hydrogen-bond donors (Lipinski definition) is 4. The van der Waals surface area contributed by atoms with Gasteiger partial charge in [0.25, 0.3) is 5.56 Å². The molecule has 20 heavy (non-hydrogen) atoms. The molecule has 1 aromatic heterocycles. The monoisotopic (exact) mass is 285 g/mol. The summed E-state index contributed by atoms with van der Waals surface area (Å²) in [7, 11) is 0. The molecule has 0 fully saturated rings. The highest BCUT2D eigenvalue weighted by Gasteiger charge is 2.22. The van der Waals surface area contributed by atoms with E-state index in [4.69, 9.17) is 4.74 Å². The van der Waals surface area contributed by atoms with Gasteiger partial charge in [-0.2, -0.15) is 5.10 Å². The van der Waals surface area contributed by atoms with Crippen LogP contribution >= 0.6 is 0 Å². The number of H-pyrrole nitrogens is 1. The molecule has 0 bridgehead atoms. The van der Waals surface area contributed by atoms with Crippen molar-refractivity contribution in [2.45, 2.75) is 38.6 Å². The Hall–Kier alpha value is -1.93. The van der Waals surface area contributed by atoms with Gasteiger partial charge in [-0.15, -0.1) is 0 Å². The number of rotatable bonds is 4. The predicted octanol–water partition coefficient (Wildman–Crippen LogP) is -0.311. The van der Waals surface area contributed by atoms with E-state index in [0.29, 0.717) is 0 Å². The maximum atomic E-state index is 11.4. The van der Waals surface area contributed by atoms with Gasteiger partial charge in [-0.3, -0.25) is 4.79 Å². The van der Waals surface area contributed by atoms with E-state index >= 15 is 0 Å². The summed E-state index contributed by atoms with van der Waals surface area (Å²) in [6.45, 7) is 4.92. The molecule has 0 aliphatic carbocycles. The summed E-state index contributed by atoms with van der Waals surface area (Å²) in [4.78, 5) is 22.2. The van der Waals surface area contributed by atoms with Crippen LogP contribution in [0.15, 0.2) is 16.9 Å². The molecule has 2 unspecified atom stereocenters. The van der Waals surface area contributed by atoms with Crippen LogP contribution in [0, 0.1) is 0 Å². The van der Waals surface area contributed by atoms with Crippen LogP contribution in [0.5, 0.6) is 0 Å². The Bertz CT molecular complexity index is 488. The number of carbonyl (C=O) groups excluding carboxylic acids is 1. The molecular formula is C12H19N3O5. The molecule has 1 amide bonds. The van der Waals surface area contributed by atoms with E-state index in [1.807, 2.05) is 0 Å². The van der Waals surface area contributed by atoms with Gasteiger partial charge < -0.3 is 20.3 Å². The first-order valence-electron chi connectivity index (χ1n) is 6.07. The van der Waals surface area contributed by atoms with Crippen LogP contribution in [-0.2, 0) is 4.74 Å². The Kier molecular flexibility index (Phi) is 5.23. The number of nitrogens with zero attached hydrogens (tertiary/aromatic N) is 1. The van der Waals surface area contributed by atoms with Gasteiger partial charge in [-0.25, -0.2) is 9.89 Å². The molecule has 8 heteroatoms. The van der Waals surface area contributed by atoms with Crippen molar-refractivity contribution in [3.63, 3.8) is 0 Å². The maximum absolute atomic E-state index is 11.4. The van der Waals surface area contributed by atoms with Gasteiger partial charge in [0.1, 0.15) is 17.8 Å². The van der Waals surface area contributed by atoms with Crippen molar-refractivity contribution in [3.8, 4) is 0 Å². The molecular weight excluding hydrogens is 266 g/mol. The van der Waals surface area contributed by atoms with Crippen molar-refractivity contribution in [2.24, 2.45) is 0 Å². The Labute approximate surface area is 115 Å². The van der Waals surface area contributed by atoms with Crippen LogP contribution in [0.25, 0.3) is 0 Å². The topological polar surface area (TPSA) is 125 Å². The van der Waals surface area contributed by atoms with E-state index in [2.05, 4.69) is 15.5 Å². The number of amides is 1. The van der Waals surface area contributed by atoms with Gasteiger partial charge in [0.05, 0.1) is 5.69 Å². The fraction of sp³-hybridized carbons (Fsp3) is 0.583. The number of aliphatic hydroxyl groups excluding tert-OH is 2. The van der Waals surface area contributed by atoms with E-state index in [1.54, 1.807) is 20.8 Å². The minimum Gasteiger partial charge on any atom is -0.444 e. The van der Waals surface area contributed by atoms with Crippen molar-refractivity contribution in [2.75, 3.05) is 6.54 Å². The number of carbonyl (C=O) groups is 1. The lowest BCUT2D eigenvalue weighted by Gasteiger charge is -2.21. The Balaban J connectivity index is 2.50. The van der Waals surface area contributed by atoms with Crippen molar-refractivity contribution >= 4 is 6.09 Å². The van der Waals surface area contributed by atoms with E-state index in [1.165, 1.54) is 12.1 Å². The second-order valence-corrected chi connectivity index (χ2v) is 5.24. The summed E-state index contributed by atoms with van der Waals surface area (Å²) < 4.78 is 4.98. The number of aromatic amines is 1. The molecule has 0 saturated carbocycles. The number of ether oxygens (including phenoxy) is 1. The molecule has 1 rings (SSSR count). The van der Waals surface area contributed by atoms with Crippen molar-refractivity contribution in [1.82, 2.24) is 15.5 Å². The quantitative estimate of drug-likeness (QED) is 0.601. The van der Waals surface area contributed by atoms with Gasteiger partial charge in [-0.1, -0.05) is 0 Å². The van der Waals surface area contributed by atoms with Crippen LogP contribution in [0.1, 0.15) is 32.6 Å². The Morgan fingerprint density at radius 2 is 2.10 bits per heavy atom. The largest absolute Gasteiger partial charge is 0.444 e. The number of hydrogen-bond acceptors (Lipinski definition) is 6. The summed E-state index contributed by atoms with van der Waals surface area (Å²) in [5, 5.41) is 27.6. The van der Waals surface area contributed by atoms with E-state index < -0.39 is 29.5 Å². The minimum atomic E-state index is -1.33. The highest BCUT2D eigenvalue weighted by Crippen LogP contribution is 2.12. The fourth-order valence-corrected chi connectivity index (χ4v) is 1.33. The highest BCUT2D eigenvalue weighted by atomic mass is 16.6. The summed E-state index contributed by atoms with van der Waals surface area (Å²) in [6, 6.07) is 2.47. The lowest BCUT2D eigenvalue weighted by atomic mass is 10.1. The molecule has 4 N–H and O–H groups in total. The zero-order chi connectivity index (χ0) is 15.3. The number of aromatic nitrogens is 2. The average molecular weight is 285 g/mol. The van der Waals surface area contributed by atoms with Gasteiger partial charge in [0, 0.05) is 12.6 Å². The summed E-state index contributed by atoms with van der Waals surface area (Å²) in [5.74, 6) is 0. The van der Waals surface area contributed by atoms with Crippen LogP contribution in [0.3, 0.4) is 0 Å². The first kappa shape index (κ1) is 16.1. The Morgan fingerprint density at radius 3 is 2.60 bits per heavy atom. The first-order chi connectivity index (χ1) is 9.19. The third-order valence-corrected chi connectivity index (χ3v) is 2.22. The van der Waals surface area contributed by atoms with Crippen molar-refractivity contribution < 1.29 is 19.7 Å². The second kappa shape index (κ2) is 6.49. The van der Waals surface area contributed by atoms with Crippen LogP contribution in [0.4, 0.5) is 4.79 Å². The lowest BCUT2D eigenvalue weighted by molar-refractivity contribution is 0.0104. The highest BCUT2D eigenvalue weighted by molar-refractivity contribution is 5.67. The third-order valence-electron chi connectivity index (χ3n) is 2.22. The van der Waals surface area contributed by atoms with E-state index in [-0.39, 0.29) is 12.2 Å². The zero-order valence-electron chi connectivity index (χ0n) is 11.6. The Morgan fingerprint density at radius 1 is 1.45 bits per heavy atom. The maximum Gasteiger partial charge on any atom is 0.407 e. The van der Waals surface area contributed by atoms with Crippen LogP contribution < -0.4 is 10.9 Å². The van der Waals surface area contributed by atoms with Gasteiger partial charge in [0.2, 0.25) is 0 Å². The molecule has 112 valence electrons. The third kappa shape index (κ3) is 5.37. The summed E-state index contributed by atoms with van der Waals surface area (Å²) in [6.07, 6.45) is -3.30. The normalized spacial score (nSPS) is 14.4. The van der Waals surface area contributed by atoms with Crippen molar-refractivity contribution in [1.29, 1.82) is 0 Å². The number of aliphatic hydroxyl groups is 2. The predicted molar refractivity (Wildman–Crippen MR) is 70.1 cm³/mol. The van der Waals surface area contributed by atoms with E-state index in [9.17, 15) is 19.8 Å². The zero-order valence-corrected chi connectivity index (χ0v) is 11.6. The second-order valence-electron chi connectivity index (χ2n) is 5.24. The minimum absolute atomic E-state index is 0.100. The van der Waals surface area contributed by atoms with Gasteiger partial charge in [0.15, 0.2) is 0 Å². The van der Waals surface area contributed by atoms with Gasteiger partial charge in [-0.05, 0) is 26.8 Å². The molecule has 1 aromatic rings. The molecule has 0 aliphatic heterocycles. The number of alkyl carbamates (subject to hydrolysis) is 1. The molecule has 0 saturated heterocycles.